The summed E-state index contributed by atoms with van der Waals surface area (Å²) in [6, 6.07) is 4.44. The molecule has 0 aliphatic carbocycles. The summed E-state index contributed by atoms with van der Waals surface area (Å²) in [5, 5.41) is 4.15. The van der Waals surface area contributed by atoms with Gasteiger partial charge in [0.15, 0.2) is 0 Å². The summed E-state index contributed by atoms with van der Waals surface area (Å²) in [6.07, 6.45) is 1.56. The molecule has 0 aromatic carbocycles. The van der Waals surface area contributed by atoms with Crippen LogP contribution >= 0.6 is 38.8 Å². The van der Waals surface area contributed by atoms with Gasteiger partial charge in [0.25, 0.3) is 0 Å². The van der Waals surface area contributed by atoms with Crippen molar-refractivity contribution in [3.05, 3.63) is 27.1 Å². The van der Waals surface area contributed by atoms with Crippen LogP contribution < -0.4 is 5.32 Å². The summed E-state index contributed by atoms with van der Waals surface area (Å²) in [6.45, 7) is 2.11. The van der Waals surface area contributed by atoms with Crippen LogP contribution in [0.25, 0.3) is 0 Å². The Hall–Kier alpha value is -0.460. The quantitative estimate of drug-likeness (QED) is 0.939. The first-order chi connectivity index (χ1) is 6.75. The molecule has 0 saturated carbocycles. The number of nitrogens with zero attached hydrogens (tertiary/aromatic N) is 2. The number of hydrogen-bond donors (Lipinski definition) is 1. The molecule has 1 N–H and O–H groups in total. The molecule has 1 atom stereocenters. The topological polar surface area (TPSA) is 37.8 Å². The van der Waals surface area contributed by atoms with Crippen LogP contribution in [0.4, 0.5) is 5.13 Å². The summed E-state index contributed by atoms with van der Waals surface area (Å²) in [5.74, 6) is 0. The third-order valence-electron chi connectivity index (χ3n) is 1.72. The predicted octanol–water partition coefficient (Wildman–Crippen LogP) is 3.54. The van der Waals surface area contributed by atoms with Crippen LogP contribution in [-0.4, -0.2) is 9.36 Å². The molecule has 2 aromatic heterocycles. The molecule has 0 amide bonds. The first kappa shape index (κ1) is 10.1. The van der Waals surface area contributed by atoms with Crippen LogP contribution in [0.2, 0.25) is 0 Å². The average molecular weight is 290 g/mol. The van der Waals surface area contributed by atoms with E-state index < -0.39 is 0 Å². The van der Waals surface area contributed by atoms with Crippen molar-refractivity contribution in [2.24, 2.45) is 0 Å². The van der Waals surface area contributed by atoms with Gasteiger partial charge in [0.1, 0.15) is 6.33 Å². The largest absolute Gasteiger partial charge is 0.353 e. The Morgan fingerprint density at radius 2 is 2.36 bits per heavy atom. The summed E-state index contributed by atoms with van der Waals surface area (Å²) in [7, 11) is 0. The van der Waals surface area contributed by atoms with E-state index in [2.05, 4.69) is 49.7 Å². The van der Waals surface area contributed by atoms with Crippen molar-refractivity contribution in [3.8, 4) is 0 Å². The second-order valence-corrected chi connectivity index (χ2v) is 6.03. The highest BCUT2D eigenvalue weighted by Gasteiger charge is 2.08. The molecule has 0 unspecified atom stereocenters. The Morgan fingerprint density at radius 3 is 2.93 bits per heavy atom. The van der Waals surface area contributed by atoms with E-state index in [0.717, 1.165) is 8.92 Å². The Morgan fingerprint density at radius 1 is 1.50 bits per heavy atom. The number of rotatable bonds is 3. The van der Waals surface area contributed by atoms with Gasteiger partial charge in [-0.1, -0.05) is 0 Å². The lowest BCUT2D eigenvalue weighted by Crippen LogP contribution is -2.03. The molecule has 2 heterocycles. The lowest BCUT2D eigenvalue weighted by Gasteiger charge is -2.09. The van der Waals surface area contributed by atoms with E-state index in [0.29, 0.717) is 0 Å². The molecule has 0 aliphatic heterocycles. The lowest BCUT2D eigenvalue weighted by molar-refractivity contribution is 0.904. The maximum absolute atomic E-state index is 4.08. The highest BCUT2D eigenvalue weighted by molar-refractivity contribution is 9.11. The smallest absolute Gasteiger partial charge is 0.202 e. The Kier molecular flexibility index (Phi) is 3.15. The maximum atomic E-state index is 4.08. The van der Waals surface area contributed by atoms with Gasteiger partial charge >= 0.3 is 0 Å². The first-order valence-electron chi connectivity index (χ1n) is 4.04. The average Bonchev–Trinajstić information content (AvgIpc) is 2.75. The fourth-order valence-electron chi connectivity index (χ4n) is 1.05. The van der Waals surface area contributed by atoms with Gasteiger partial charge in [0, 0.05) is 16.4 Å². The van der Waals surface area contributed by atoms with Crippen LogP contribution in [0.5, 0.6) is 0 Å². The van der Waals surface area contributed by atoms with Crippen LogP contribution in [-0.2, 0) is 0 Å². The van der Waals surface area contributed by atoms with Gasteiger partial charge in [-0.15, -0.1) is 11.3 Å². The summed E-state index contributed by atoms with van der Waals surface area (Å²) in [5.41, 5.74) is 0. The Bertz CT molecular complexity index is 398. The number of nitrogens with one attached hydrogen (secondary N) is 1. The van der Waals surface area contributed by atoms with Crippen molar-refractivity contribution in [3.63, 3.8) is 0 Å². The van der Waals surface area contributed by atoms with Crippen molar-refractivity contribution in [1.82, 2.24) is 9.36 Å². The van der Waals surface area contributed by atoms with Crippen molar-refractivity contribution in [1.29, 1.82) is 0 Å². The standard InChI is InChI=1S/C8H8BrN3S2/c1-5(6-2-3-7(9)13-6)12-8-10-4-11-14-8/h2-5H,1H3,(H,10,11,12)/t5-/m0/s1. The van der Waals surface area contributed by atoms with E-state index in [1.807, 2.05) is 0 Å². The Labute approximate surface area is 98.5 Å². The summed E-state index contributed by atoms with van der Waals surface area (Å²) >= 11 is 6.55. The maximum Gasteiger partial charge on any atom is 0.202 e. The molecule has 3 nitrogen and oxygen atoms in total. The molecular weight excluding hydrogens is 282 g/mol. The molecule has 14 heavy (non-hydrogen) atoms. The number of thiophene rings is 1. The van der Waals surface area contributed by atoms with Crippen molar-refractivity contribution >= 4 is 43.9 Å². The van der Waals surface area contributed by atoms with Crippen molar-refractivity contribution in [2.45, 2.75) is 13.0 Å². The van der Waals surface area contributed by atoms with Crippen LogP contribution in [0, 0.1) is 0 Å². The predicted molar refractivity (Wildman–Crippen MR) is 64.0 cm³/mol. The second-order valence-electron chi connectivity index (χ2n) is 2.75. The second kappa shape index (κ2) is 4.37. The zero-order valence-electron chi connectivity index (χ0n) is 7.40. The minimum atomic E-state index is 0.277. The zero-order chi connectivity index (χ0) is 9.97. The SMILES string of the molecule is C[C@H](Nc1ncns1)c1ccc(Br)s1. The van der Waals surface area contributed by atoms with Crippen LogP contribution in [0.1, 0.15) is 17.8 Å². The van der Waals surface area contributed by atoms with Gasteiger partial charge in [0.05, 0.1) is 9.83 Å². The number of halogens is 1. The third kappa shape index (κ3) is 2.31. The van der Waals surface area contributed by atoms with Gasteiger partial charge in [-0.25, -0.2) is 4.98 Å². The number of aromatic nitrogens is 2. The molecule has 2 rings (SSSR count). The van der Waals surface area contributed by atoms with Gasteiger partial charge in [0.2, 0.25) is 5.13 Å². The fraction of sp³-hybridized carbons (Fsp3) is 0.250. The van der Waals surface area contributed by atoms with Crippen molar-refractivity contribution < 1.29 is 0 Å². The molecule has 74 valence electrons. The molecule has 0 spiro atoms. The first-order valence-corrected chi connectivity index (χ1v) is 6.42. The molecule has 0 radical (unpaired) electrons. The van der Waals surface area contributed by atoms with Gasteiger partial charge in [-0.3, -0.25) is 0 Å². The third-order valence-corrected chi connectivity index (χ3v) is 4.12. The normalized spacial score (nSPS) is 12.7. The zero-order valence-corrected chi connectivity index (χ0v) is 10.6. The summed E-state index contributed by atoms with van der Waals surface area (Å²) in [4.78, 5) is 5.36. The molecule has 0 saturated heterocycles. The highest BCUT2D eigenvalue weighted by atomic mass is 79.9. The van der Waals surface area contributed by atoms with Gasteiger partial charge in [-0.2, -0.15) is 4.37 Å². The minimum Gasteiger partial charge on any atom is -0.353 e. The molecule has 0 bridgehead atoms. The molecule has 2 aromatic rings. The van der Waals surface area contributed by atoms with Crippen molar-refractivity contribution in [2.75, 3.05) is 5.32 Å². The molecule has 0 aliphatic rings. The van der Waals surface area contributed by atoms with Crippen LogP contribution in [0.15, 0.2) is 22.2 Å². The van der Waals surface area contributed by atoms with Gasteiger partial charge < -0.3 is 5.32 Å². The highest BCUT2D eigenvalue weighted by Crippen LogP contribution is 2.29. The number of anilines is 1. The summed E-state index contributed by atoms with van der Waals surface area (Å²) < 4.78 is 5.09. The van der Waals surface area contributed by atoms with E-state index in [1.54, 1.807) is 17.7 Å². The van der Waals surface area contributed by atoms with E-state index in [-0.39, 0.29) is 6.04 Å². The lowest BCUT2D eigenvalue weighted by atomic mass is 10.3. The van der Waals surface area contributed by atoms with Gasteiger partial charge in [-0.05, 0) is 35.0 Å². The molecule has 0 fully saturated rings. The fourth-order valence-corrected chi connectivity index (χ4v) is 3.00. The van der Waals surface area contributed by atoms with E-state index in [4.69, 9.17) is 0 Å². The van der Waals surface area contributed by atoms with E-state index in [1.165, 1.54) is 16.4 Å². The van der Waals surface area contributed by atoms with E-state index >= 15 is 0 Å². The Balaban J connectivity index is 2.06. The van der Waals surface area contributed by atoms with E-state index in [9.17, 15) is 0 Å². The molecular formula is C8H8BrN3S2. The number of hydrogen-bond acceptors (Lipinski definition) is 5. The monoisotopic (exact) mass is 289 g/mol. The van der Waals surface area contributed by atoms with Crippen LogP contribution in [0.3, 0.4) is 0 Å². The molecule has 6 heteroatoms. The minimum absolute atomic E-state index is 0.277.